The van der Waals surface area contributed by atoms with E-state index in [0.29, 0.717) is 25.2 Å². The molecule has 0 amide bonds. The van der Waals surface area contributed by atoms with Gasteiger partial charge in [0.05, 0.1) is 19.4 Å². The number of hydrogen-bond donors (Lipinski definition) is 2. The molecule has 0 aliphatic heterocycles. The normalized spacial score (nSPS) is 12.0. The minimum absolute atomic E-state index is 0. The molecule has 1 aromatic carbocycles. The molecule has 0 unspecified atom stereocenters. The number of phenols is 2. The third-order valence-electron chi connectivity index (χ3n) is 3.37. The van der Waals surface area contributed by atoms with Gasteiger partial charge in [0.2, 0.25) is 0 Å². The third kappa shape index (κ3) is 5.61. The fraction of sp³-hybridized carbons (Fsp3) is 0.600. The molecule has 0 saturated carbocycles. The quantitative estimate of drug-likeness (QED) is 0.710. The minimum atomic E-state index is -3.09. The van der Waals surface area contributed by atoms with E-state index in [1.54, 1.807) is 19.9 Å². The zero-order valence-electron chi connectivity index (χ0n) is 13.6. The molecule has 0 spiro atoms. The summed E-state index contributed by atoms with van der Waals surface area (Å²) in [7, 11) is -3.09. The van der Waals surface area contributed by atoms with Gasteiger partial charge < -0.3 is 24.7 Å². The highest BCUT2D eigenvalue weighted by Crippen LogP contribution is 2.51. The van der Waals surface area contributed by atoms with E-state index >= 15 is 0 Å². The van der Waals surface area contributed by atoms with E-state index in [9.17, 15) is 14.8 Å². The third-order valence-corrected chi connectivity index (χ3v) is 5.45. The van der Waals surface area contributed by atoms with E-state index in [1.165, 1.54) is 12.1 Å². The maximum absolute atomic E-state index is 12.5. The SMILES string of the molecule is CCOP(=O)(CCC(C)(C)c1ccc(O)cc1O)OCC.O. The van der Waals surface area contributed by atoms with E-state index < -0.39 is 13.0 Å². The molecule has 6 nitrogen and oxygen atoms in total. The fourth-order valence-corrected chi connectivity index (χ4v) is 4.16. The lowest BCUT2D eigenvalue weighted by atomic mass is 9.81. The van der Waals surface area contributed by atoms with Gasteiger partial charge in [-0.3, -0.25) is 4.57 Å². The molecule has 0 bridgehead atoms. The maximum Gasteiger partial charge on any atom is 0.330 e. The van der Waals surface area contributed by atoms with E-state index in [-0.39, 0.29) is 23.1 Å². The van der Waals surface area contributed by atoms with Crippen molar-refractivity contribution in [3.63, 3.8) is 0 Å². The zero-order valence-corrected chi connectivity index (χ0v) is 14.5. The van der Waals surface area contributed by atoms with Crippen molar-refractivity contribution in [1.29, 1.82) is 0 Å². The van der Waals surface area contributed by atoms with Crippen molar-refractivity contribution in [3.8, 4) is 11.5 Å². The van der Waals surface area contributed by atoms with Crippen LogP contribution in [0.1, 0.15) is 39.7 Å². The molecule has 4 N–H and O–H groups in total. The van der Waals surface area contributed by atoms with Gasteiger partial charge in [0.1, 0.15) is 11.5 Å². The Morgan fingerprint density at radius 3 is 2.14 bits per heavy atom. The second kappa shape index (κ2) is 8.53. The summed E-state index contributed by atoms with van der Waals surface area (Å²) in [5, 5.41) is 19.3. The largest absolute Gasteiger partial charge is 0.508 e. The molecule has 128 valence electrons. The summed E-state index contributed by atoms with van der Waals surface area (Å²) in [5.41, 5.74) is 0.279. The van der Waals surface area contributed by atoms with Crippen LogP contribution in [-0.2, 0) is 19.0 Å². The highest BCUT2D eigenvalue weighted by atomic mass is 31.2. The van der Waals surface area contributed by atoms with Crippen molar-refractivity contribution in [2.24, 2.45) is 0 Å². The minimum Gasteiger partial charge on any atom is -0.508 e. The van der Waals surface area contributed by atoms with Crippen LogP contribution in [0.2, 0.25) is 0 Å². The molecule has 0 fully saturated rings. The maximum atomic E-state index is 12.5. The summed E-state index contributed by atoms with van der Waals surface area (Å²) in [6.07, 6.45) is 0.810. The van der Waals surface area contributed by atoms with Gasteiger partial charge >= 0.3 is 7.60 Å². The van der Waals surface area contributed by atoms with E-state index in [1.807, 2.05) is 13.8 Å². The van der Waals surface area contributed by atoms with Crippen LogP contribution in [-0.4, -0.2) is 35.1 Å². The molecule has 1 rings (SSSR count). The highest BCUT2D eigenvalue weighted by molar-refractivity contribution is 7.53. The topological polar surface area (TPSA) is 107 Å². The first-order valence-corrected chi connectivity index (χ1v) is 8.87. The second-order valence-corrected chi connectivity index (χ2v) is 7.69. The Bertz CT molecular complexity index is 505. The number of phenolic OH excluding ortho intramolecular Hbond substituents is 2. The van der Waals surface area contributed by atoms with E-state index in [0.717, 1.165) is 0 Å². The Labute approximate surface area is 131 Å². The van der Waals surface area contributed by atoms with Gasteiger partial charge in [0.25, 0.3) is 0 Å². The van der Waals surface area contributed by atoms with Gasteiger partial charge in [-0.2, -0.15) is 0 Å². The van der Waals surface area contributed by atoms with Crippen molar-refractivity contribution in [1.82, 2.24) is 0 Å². The lowest BCUT2D eigenvalue weighted by Gasteiger charge is -2.28. The van der Waals surface area contributed by atoms with Crippen molar-refractivity contribution >= 4 is 7.60 Å². The average Bonchev–Trinajstić information content (AvgIpc) is 2.37. The Hall–Kier alpha value is -1.07. The van der Waals surface area contributed by atoms with Crippen LogP contribution in [0.5, 0.6) is 11.5 Å². The van der Waals surface area contributed by atoms with Crippen molar-refractivity contribution in [3.05, 3.63) is 23.8 Å². The van der Waals surface area contributed by atoms with Gasteiger partial charge in [0, 0.05) is 6.07 Å². The predicted octanol–water partition coefficient (Wildman–Crippen LogP) is 3.21. The number of rotatable bonds is 8. The predicted molar refractivity (Wildman–Crippen MR) is 86.8 cm³/mol. The first kappa shape index (κ1) is 20.9. The Kier molecular flexibility index (Phi) is 8.12. The number of aromatic hydroxyl groups is 2. The molecule has 7 heteroatoms. The van der Waals surface area contributed by atoms with E-state index in [4.69, 9.17) is 9.05 Å². The molecule has 0 radical (unpaired) electrons. The molecular formula is C15H27O6P. The Morgan fingerprint density at radius 1 is 1.14 bits per heavy atom. The number of hydrogen-bond acceptors (Lipinski definition) is 5. The van der Waals surface area contributed by atoms with Gasteiger partial charge in [-0.15, -0.1) is 0 Å². The summed E-state index contributed by atoms with van der Waals surface area (Å²) in [6.45, 7) is 8.12. The summed E-state index contributed by atoms with van der Waals surface area (Å²) in [6, 6.07) is 4.51. The first-order valence-electron chi connectivity index (χ1n) is 7.14. The molecule has 0 heterocycles. The van der Waals surface area contributed by atoms with Crippen molar-refractivity contribution in [2.45, 2.75) is 39.5 Å². The standard InChI is InChI=1S/C15H25O5P.H2O/c1-5-19-21(18,20-6-2)10-9-15(3,4)13-8-7-12(16)11-14(13)17;/h7-8,11,16-17H,5-6,9-10H2,1-4H3;1H2. The van der Waals surface area contributed by atoms with Gasteiger partial charge in [0.15, 0.2) is 0 Å². The zero-order chi connectivity index (χ0) is 16.1. The fourth-order valence-electron chi connectivity index (χ4n) is 2.20. The lowest BCUT2D eigenvalue weighted by molar-refractivity contribution is 0.217. The van der Waals surface area contributed by atoms with Crippen molar-refractivity contribution < 1.29 is 29.3 Å². The molecule has 1 aromatic rings. The molecule has 0 aliphatic carbocycles. The molecule has 0 aromatic heterocycles. The monoisotopic (exact) mass is 334 g/mol. The van der Waals surface area contributed by atoms with Crippen LogP contribution in [0.3, 0.4) is 0 Å². The first-order chi connectivity index (χ1) is 9.74. The Morgan fingerprint density at radius 2 is 1.68 bits per heavy atom. The summed E-state index contributed by atoms with van der Waals surface area (Å²) in [4.78, 5) is 0. The average molecular weight is 334 g/mol. The summed E-state index contributed by atoms with van der Waals surface area (Å²) < 4.78 is 23.0. The van der Waals surface area contributed by atoms with Crippen LogP contribution in [0.4, 0.5) is 0 Å². The highest BCUT2D eigenvalue weighted by Gasteiger charge is 2.30. The second-order valence-electron chi connectivity index (χ2n) is 5.51. The van der Waals surface area contributed by atoms with Crippen LogP contribution in [0, 0.1) is 0 Å². The van der Waals surface area contributed by atoms with Crippen LogP contribution < -0.4 is 0 Å². The number of benzene rings is 1. The van der Waals surface area contributed by atoms with Gasteiger partial charge in [-0.05, 0) is 37.3 Å². The summed E-state index contributed by atoms with van der Waals surface area (Å²) >= 11 is 0. The van der Waals surface area contributed by atoms with Crippen LogP contribution in [0.15, 0.2) is 18.2 Å². The van der Waals surface area contributed by atoms with Gasteiger partial charge in [-0.1, -0.05) is 19.9 Å². The Balaban J connectivity index is 0.00000441. The lowest BCUT2D eigenvalue weighted by Crippen LogP contribution is -2.20. The smallest absolute Gasteiger partial charge is 0.330 e. The van der Waals surface area contributed by atoms with E-state index in [2.05, 4.69) is 0 Å². The molecular weight excluding hydrogens is 307 g/mol. The van der Waals surface area contributed by atoms with Crippen molar-refractivity contribution in [2.75, 3.05) is 19.4 Å². The molecule has 0 saturated heterocycles. The summed E-state index contributed by atoms with van der Waals surface area (Å²) in [5.74, 6) is 0.0454. The van der Waals surface area contributed by atoms with Crippen LogP contribution in [0.25, 0.3) is 0 Å². The molecule has 0 atom stereocenters. The molecule has 22 heavy (non-hydrogen) atoms. The molecule has 0 aliphatic rings. The van der Waals surface area contributed by atoms with Gasteiger partial charge in [-0.25, -0.2) is 0 Å². The van der Waals surface area contributed by atoms with Crippen LogP contribution >= 0.6 is 7.60 Å².